The molecule has 1 aliphatic rings. The molecule has 0 aliphatic carbocycles. The zero-order valence-corrected chi connectivity index (χ0v) is 22.1. The first-order valence-electron chi connectivity index (χ1n) is 11.5. The van der Waals surface area contributed by atoms with Crippen molar-refractivity contribution in [2.75, 3.05) is 29.2 Å². The number of sulfonamides is 1. The number of nitrogens with one attached hydrogen (secondary N) is 2. The van der Waals surface area contributed by atoms with E-state index in [-0.39, 0.29) is 16.5 Å². The molecule has 11 heteroatoms. The molecule has 4 aromatic rings. The molecular formula is C27H24ClN5O4S. The molecule has 0 saturated heterocycles. The van der Waals surface area contributed by atoms with Crippen LogP contribution in [0.4, 0.5) is 23.0 Å². The molecule has 2 heterocycles. The molecule has 5 rings (SSSR count). The molecule has 3 aromatic carbocycles. The van der Waals surface area contributed by atoms with Crippen LogP contribution in [0.5, 0.6) is 11.5 Å². The Morgan fingerprint density at radius 1 is 0.868 bits per heavy atom. The molecule has 1 atom stereocenters. The number of anilines is 4. The van der Waals surface area contributed by atoms with Gasteiger partial charge in [-0.25, -0.2) is 18.4 Å². The van der Waals surface area contributed by atoms with E-state index in [9.17, 15) is 8.42 Å². The Bertz CT molecular complexity index is 1640. The number of alkyl halides is 1. The Morgan fingerprint density at radius 2 is 1.55 bits per heavy atom. The van der Waals surface area contributed by atoms with Crippen molar-refractivity contribution in [3.63, 3.8) is 0 Å². The largest absolute Gasteiger partial charge is 0.497 e. The number of rotatable bonds is 8. The first-order valence-corrected chi connectivity index (χ1v) is 13.5. The van der Waals surface area contributed by atoms with E-state index in [0.29, 0.717) is 33.9 Å². The number of allylic oxidation sites excluding steroid dienone is 2. The minimum Gasteiger partial charge on any atom is -0.497 e. The molecule has 38 heavy (non-hydrogen) atoms. The van der Waals surface area contributed by atoms with Gasteiger partial charge < -0.3 is 19.7 Å². The number of hydrogen-bond donors (Lipinski definition) is 2. The second kappa shape index (κ2) is 10.6. The minimum absolute atomic E-state index is 0.0342. The number of methoxy groups -OCH3 is 2. The standard InChI is InChI=1S/C27H24ClN5O4S/c1-36-20-14-18(15-21(17-20)37-2)29-26-27(31-24-11-4-3-10-23(24)30-26)32-38(34,35)22-9-7-8-19(16-22)33-13-6-5-12-25(33)28/h3-17,25H,1-2H3,(H,29,30)(H,31,32). The third-order valence-corrected chi connectivity index (χ3v) is 7.43. The van der Waals surface area contributed by atoms with Crippen LogP contribution >= 0.6 is 11.6 Å². The van der Waals surface area contributed by atoms with Crippen molar-refractivity contribution < 1.29 is 17.9 Å². The van der Waals surface area contributed by atoms with Gasteiger partial charge in [0.2, 0.25) is 0 Å². The fraction of sp³-hybridized carbons (Fsp3) is 0.111. The number of nitrogens with zero attached hydrogens (tertiary/aromatic N) is 3. The zero-order valence-electron chi connectivity index (χ0n) is 20.5. The maximum Gasteiger partial charge on any atom is 0.263 e. The number of fused-ring (bicyclic) bond motifs is 1. The van der Waals surface area contributed by atoms with E-state index >= 15 is 0 Å². The molecule has 1 aliphatic heterocycles. The van der Waals surface area contributed by atoms with E-state index in [1.54, 1.807) is 79.9 Å². The Hall–Kier alpha value is -4.28. The van der Waals surface area contributed by atoms with Crippen molar-refractivity contribution in [1.82, 2.24) is 9.97 Å². The second-order valence-electron chi connectivity index (χ2n) is 8.25. The number of para-hydroxylation sites is 2. The van der Waals surface area contributed by atoms with Gasteiger partial charge in [-0.15, -0.1) is 0 Å². The minimum atomic E-state index is -4.05. The van der Waals surface area contributed by atoms with Crippen molar-refractivity contribution in [2.24, 2.45) is 0 Å². The van der Waals surface area contributed by atoms with Crippen LogP contribution in [0, 0.1) is 0 Å². The highest BCUT2D eigenvalue weighted by atomic mass is 35.5. The summed E-state index contributed by atoms with van der Waals surface area (Å²) < 4.78 is 40.4. The monoisotopic (exact) mass is 549 g/mol. The van der Waals surface area contributed by atoms with E-state index in [4.69, 9.17) is 21.1 Å². The van der Waals surface area contributed by atoms with Gasteiger partial charge in [0.1, 0.15) is 17.0 Å². The van der Waals surface area contributed by atoms with Crippen LogP contribution in [-0.2, 0) is 10.0 Å². The van der Waals surface area contributed by atoms with E-state index in [1.807, 2.05) is 24.3 Å². The summed E-state index contributed by atoms with van der Waals surface area (Å²) in [7, 11) is -0.963. The highest BCUT2D eigenvalue weighted by Gasteiger charge is 2.22. The average Bonchev–Trinajstić information content (AvgIpc) is 2.93. The number of benzene rings is 3. The lowest BCUT2D eigenvalue weighted by Crippen LogP contribution is -2.25. The molecule has 1 unspecified atom stereocenters. The lowest BCUT2D eigenvalue weighted by atomic mass is 10.2. The topological polar surface area (TPSA) is 106 Å². The Kier molecular flexibility index (Phi) is 7.08. The van der Waals surface area contributed by atoms with Gasteiger partial charge in [0, 0.05) is 35.8 Å². The van der Waals surface area contributed by atoms with Gasteiger partial charge in [0.25, 0.3) is 10.0 Å². The summed E-state index contributed by atoms with van der Waals surface area (Å²) in [5, 5.41) is 3.15. The van der Waals surface area contributed by atoms with Crippen LogP contribution < -0.4 is 24.4 Å². The lowest BCUT2D eigenvalue weighted by molar-refractivity contribution is 0.395. The molecule has 0 radical (unpaired) electrons. The number of hydrogen-bond acceptors (Lipinski definition) is 8. The lowest BCUT2D eigenvalue weighted by Gasteiger charge is -2.26. The van der Waals surface area contributed by atoms with E-state index < -0.39 is 15.5 Å². The van der Waals surface area contributed by atoms with Gasteiger partial charge in [-0.2, -0.15) is 0 Å². The van der Waals surface area contributed by atoms with Gasteiger partial charge >= 0.3 is 0 Å². The first kappa shape index (κ1) is 25.4. The maximum absolute atomic E-state index is 13.5. The van der Waals surface area contributed by atoms with Crippen LogP contribution in [0.15, 0.2) is 96.1 Å². The molecule has 0 spiro atoms. The van der Waals surface area contributed by atoms with Crippen LogP contribution in [0.2, 0.25) is 0 Å². The van der Waals surface area contributed by atoms with Gasteiger partial charge in [0.05, 0.1) is 30.1 Å². The third kappa shape index (κ3) is 5.36. The van der Waals surface area contributed by atoms with Crippen molar-refractivity contribution in [3.8, 4) is 11.5 Å². The second-order valence-corrected chi connectivity index (χ2v) is 10.4. The van der Waals surface area contributed by atoms with Crippen molar-refractivity contribution in [3.05, 3.63) is 91.2 Å². The fourth-order valence-electron chi connectivity index (χ4n) is 3.87. The van der Waals surface area contributed by atoms with Gasteiger partial charge in [0.15, 0.2) is 11.6 Å². The van der Waals surface area contributed by atoms with Crippen molar-refractivity contribution in [1.29, 1.82) is 0 Å². The molecule has 1 aromatic heterocycles. The molecular weight excluding hydrogens is 526 g/mol. The summed E-state index contributed by atoms with van der Waals surface area (Å²) in [5.74, 6) is 1.35. The van der Waals surface area contributed by atoms with Crippen molar-refractivity contribution >= 4 is 55.7 Å². The SMILES string of the molecule is COc1cc(Nc2nc3ccccc3nc2NS(=O)(=O)c2cccc(N3C=CC=CC3Cl)c2)cc(OC)c1. The number of aromatic nitrogens is 2. The Labute approximate surface area is 225 Å². The summed E-state index contributed by atoms with van der Waals surface area (Å²) in [6, 6.07) is 18.9. The van der Waals surface area contributed by atoms with E-state index in [0.717, 1.165) is 0 Å². The molecule has 194 valence electrons. The highest BCUT2D eigenvalue weighted by molar-refractivity contribution is 7.92. The van der Waals surface area contributed by atoms with Gasteiger partial charge in [-0.1, -0.05) is 35.9 Å². The van der Waals surface area contributed by atoms with Crippen LogP contribution in [0.3, 0.4) is 0 Å². The molecule has 0 fully saturated rings. The molecule has 0 bridgehead atoms. The summed E-state index contributed by atoms with van der Waals surface area (Å²) >= 11 is 6.39. The Balaban J connectivity index is 1.53. The summed E-state index contributed by atoms with van der Waals surface area (Å²) in [6.07, 6.45) is 7.25. The van der Waals surface area contributed by atoms with Crippen LogP contribution in [0.1, 0.15) is 0 Å². The predicted octanol–water partition coefficient (Wildman–Crippen LogP) is 5.65. The first-order chi connectivity index (χ1) is 18.4. The van der Waals surface area contributed by atoms with E-state index in [1.165, 1.54) is 6.07 Å². The molecule has 2 N–H and O–H groups in total. The molecule has 0 saturated carbocycles. The third-order valence-electron chi connectivity index (χ3n) is 5.74. The van der Waals surface area contributed by atoms with Crippen molar-refractivity contribution in [2.45, 2.75) is 10.4 Å². The summed E-state index contributed by atoms with van der Waals surface area (Å²) in [6.45, 7) is 0. The average molecular weight is 550 g/mol. The van der Waals surface area contributed by atoms with Crippen LogP contribution in [-0.4, -0.2) is 38.1 Å². The predicted molar refractivity (Wildman–Crippen MR) is 150 cm³/mol. The normalized spacial score (nSPS) is 14.9. The fourth-order valence-corrected chi connectivity index (χ4v) is 5.18. The Morgan fingerprint density at radius 3 is 2.21 bits per heavy atom. The number of halogens is 1. The van der Waals surface area contributed by atoms with Crippen LogP contribution in [0.25, 0.3) is 11.0 Å². The molecule has 9 nitrogen and oxygen atoms in total. The van der Waals surface area contributed by atoms with E-state index in [2.05, 4.69) is 20.0 Å². The summed E-state index contributed by atoms with van der Waals surface area (Å²) in [5.41, 5.74) is 1.88. The van der Waals surface area contributed by atoms with Gasteiger partial charge in [-0.05, 0) is 42.5 Å². The zero-order chi connectivity index (χ0) is 26.7. The number of ether oxygens (including phenoxy) is 2. The smallest absolute Gasteiger partial charge is 0.263 e. The molecule has 0 amide bonds. The maximum atomic E-state index is 13.5. The van der Waals surface area contributed by atoms with Gasteiger partial charge in [-0.3, -0.25) is 4.72 Å². The highest BCUT2D eigenvalue weighted by Crippen LogP contribution is 2.32. The quantitative estimate of drug-likeness (QED) is 0.215. The summed E-state index contributed by atoms with van der Waals surface area (Å²) in [4.78, 5) is 11.0.